The van der Waals surface area contributed by atoms with Gasteiger partial charge in [-0.25, -0.2) is 0 Å². The first kappa shape index (κ1) is 13.0. The average molecular weight is 262 g/mol. The summed E-state index contributed by atoms with van der Waals surface area (Å²) in [6.07, 6.45) is 0. The number of benzene rings is 1. The summed E-state index contributed by atoms with van der Waals surface area (Å²) in [4.78, 5) is 11.5. The Labute approximate surface area is 109 Å². The van der Waals surface area contributed by atoms with E-state index in [0.29, 0.717) is 5.82 Å². The van der Waals surface area contributed by atoms with Crippen molar-refractivity contribution in [3.8, 4) is 5.75 Å². The molecule has 0 unspecified atom stereocenters. The number of carboxylic acids is 1. The maximum atomic E-state index is 10.5. The minimum Gasteiger partial charge on any atom is -0.485 e. The third-order valence-corrected chi connectivity index (χ3v) is 2.68. The lowest BCUT2D eigenvalue weighted by atomic mass is 10.1. The molecule has 0 amide bonds. The van der Waals surface area contributed by atoms with Crippen molar-refractivity contribution < 1.29 is 14.6 Å². The fraction of sp³-hybridized carbons (Fsp3) is 0.333. The van der Waals surface area contributed by atoms with Crippen LogP contribution in [0.5, 0.6) is 5.75 Å². The molecule has 100 valence electrons. The van der Waals surface area contributed by atoms with Crippen LogP contribution < -0.4 is 4.74 Å². The average Bonchev–Trinajstić information content (AvgIpc) is 2.78. The fourth-order valence-electron chi connectivity index (χ4n) is 1.55. The van der Waals surface area contributed by atoms with E-state index in [1.807, 2.05) is 32.0 Å². The molecule has 0 atom stereocenters. The molecule has 1 heterocycles. The number of carboxylic acid groups (broad SMARTS) is 1. The highest BCUT2D eigenvalue weighted by Gasteiger charge is 2.08. The zero-order valence-corrected chi connectivity index (χ0v) is 10.7. The molecular formula is C12H14N4O3. The summed E-state index contributed by atoms with van der Waals surface area (Å²) in [7, 11) is 0. The molecule has 19 heavy (non-hydrogen) atoms. The maximum absolute atomic E-state index is 10.5. The van der Waals surface area contributed by atoms with E-state index in [-0.39, 0.29) is 13.2 Å². The first-order chi connectivity index (χ1) is 9.06. The Morgan fingerprint density at radius 1 is 1.42 bits per heavy atom. The highest BCUT2D eigenvalue weighted by molar-refractivity contribution is 5.66. The summed E-state index contributed by atoms with van der Waals surface area (Å²) < 4.78 is 5.60. The number of tetrazole rings is 1. The van der Waals surface area contributed by atoms with E-state index in [1.165, 1.54) is 0 Å². The van der Waals surface area contributed by atoms with Gasteiger partial charge in [-0.1, -0.05) is 12.1 Å². The van der Waals surface area contributed by atoms with Crippen molar-refractivity contribution in [3.05, 3.63) is 35.2 Å². The van der Waals surface area contributed by atoms with Crippen molar-refractivity contribution in [3.63, 3.8) is 0 Å². The predicted molar refractivity (Wildman–Crippen MR) is 65.7 cm³/mol. The highest BCUT2D eigenvalue weighted by atomic mass is 16.5. The van der Waals surface area contributed by atoms with E-state index in [0.717, 1.165) is 21.7 Å². The van der Waals surface area contributed by atoms with Crippen LogP contribution in [0.1, 0.15) is 17.0 Å². The monoisotopic (exact) mass is 262 g/mol. The van der Waals surface area contributed by atoms with Gasteiger partial charge in [0.25, 0.3) is 0 Å². The molecule has 7 heteroatoms. The van der Waals surface area contributed by atoms with Crippen LogP contribution in [0.4, 0.5) is 0 Å². The lowest BCUT2D eigenvalue weighted by Gasteiger charge is -2.08. The van der Waals surface area contributed by atoms with Crippen molar-refractivity contribution in [2.45, 2.75) is 27.0 Å². The molecule has 0 aliphatic heterocycles. The molecule has 1 aromatic carbocycles. The number of rotatable bonds is 5. The van der Waals surface area contributed by atoms with Gasteiger partial charge in [-0.15, -0.1) is 10.2 Å². The van der Waals surface area contributed by atoms with E-state index >= 15 is 0 Å². The molecule has 7 nitrogen and oxygen atoms in total. The molecule has 0 saturated heterocycles. The Morgan fingerprint density at radius 3 is 2.95 bits per heavy atom. The number of ether oxygens (including phenoxy) is 1. The number of nitrogens with zero attached hydrogens (tertiary/aromatic N) is 4. The molecule has 0 saturated carbocycles. The van der Waals surface area contributed by atoms with Crippen LogP contribution in [-0.4, -0.2) is 31.3 Å². The first-order valence-corrected chi connectivity index (χ1v) is 5.74. The Morgan fingerprint density at radius 2 is 2.21 bits per heavy atom. The third kappa shape index (κ3) is 3.27. The number of hydrogen-bond donors (Lipinski definition) is 1. The number of aromatic nitrogens is 4. The molecular weight excluding hydrogens is 248 g/mol. The summed E-state index contributed by atoms with van der Waals surface area (Å²) >= 11 is 0. The largest absolute Gasteiger partial charge is 0.485 e. The van der Waals surface area contributed by atoms with E-state index in [1.54, 1.807) is 0 Å². The number of aryl methyl sites for hydroxylation is 1. The minimum absolute atomic E-state index is 0.157. The van der Waals surface area contributed by atoms with Crippen LogP contribution in [-0.2, 0) is 17.9 Å². The Bertz CT molecular complexity index is 594. The van der Waals surface area contributed by atoms with Gasteiger partial charge >= 0.3 is 5.97 Å². The van der Waals surface area contributed by atoms with Crippen molar-refractivity contribution >= 4 is 5.97 Å². The van der Waals surface area contributed by atoms with Crippen LogP contribution in [0.2, 0.25) is 0 Å². The number of aliphatic carboxylic acids is 1. The molecule has 1 aromatic heterocycles. The fourth-order valence-corrected chi connectivity index (χ4v) is 1.55. The van der Waals surface area contributed by atoms with E-state index in [9.17, 15) is 4.79 Å². The van der Waals surface area contributed by atoms with Crippen LogP contribution in [0.3, 0.4) is 0 Å². The SMILES string of the molecule is Cc1cccc(OCc2nnn(CC(=O)O)n2)c1C. The van der Waals surface area contributed by atoms with Gasteiger partial charge in [0.15, 0.2) is 13.2 Å². The topological polar surface area (TPSA) is 90.1 Å². The van der Waals surface area contributed by atoms with Gasteiger partial charge in [0.1, 0.15) is 5.75 Å². The van der Waals surface area contributed by atoms with Gasteiger partial charge in [0.05, 0.1) is 0 Å². The zero-order chi connectivity index (χ0) is 13.8. The van der Waals surface area contributed by atoms with E-state index < -0.39 is 5.97 Å². The molecule has 0 bridgehead atoms. The standard InChI is InChI=1S/C12H14N4O3/c1-8-4-3-5-10(9(8)2)19-7-11-13-15-16(14-11)6-12(17)18/h3-5H,6-7H2,1-2H3,(H,17,18). The second kappa shape index (κ2) is 5.47. The maximum Gasteiger partial charge on any atom is 0.327 e. The lowest BCUT2D eigenvalue weighted by molar-refractivity contribution is -0.138. The van der Waals surface area contributed by atoms with Gasteiger partial charge in [-0.3, -0.25) is 4.79 Å². The van der Waals surface area contributed by atoms with Gasteiger partial charge in [0, 0.05) is 0 Å². The van der Waals surface area contributed by atoms with Crippen molar-refractivity contribution in [2.24, 2.45) is 0 Å². The van der Waals surface area contributed by atoms with Crippen LogP contribution >= 0.6 is 0 Å². The summed E-state index contributed by atoms with van der Waals surface area (Å²) in [6, 6.07) is 5.78. The molecule has 2 aromatic rings. The molecule has 0 spiro atoms. The summed E-state index contributed by atoms with van der Waals surface area (Å²) in [5, 5.41) is 19.9. The van der Waals surface area contributed by atoms with Gasteiger partial charge < -0.3 is 9.84 Å². The van der Waals surface area contributed by atoms with Crippen molar-refractivity contribution in [1.29, 1.82) is 0 Å². The Hall–Kier alpha value is -2.44. The van der Waals surface area contributed by atoms with Gasteiger partial charge in [-0.05, 0) is 36.3 Å². The normalized spacial score (nSPS) is 10.4. The summed E-state index contributed by atoms with van der Waals surface area (Å²) in [6.45, 7) is 3.82. The molecule has 0 aliphatic rings. The van der Waals surface area contributed by atoms with E-state index in [2.05, 4.69) is 15.4 Å². The van der Waals surface area contributed by atoms with Crippen LogP contribution in [0.25, 0.3) is 0 Å². The summed E-state index contributed by atoms with van der Waals surface area (Å²) in [5.41, 5.74) is 2.19. The van der Waals surface area contributed by atoms with Crippen molar-refractivity contribution in [1.82, 2.24) is 20.2 Å². The minimum atomic E-state index is -1.01. The second-order valence-corrected chi connectivity index (χ2v) is 4.12. The molecule has 2 rings (SSSR count). The molecule has 0 fully saturated rings. The molecule has 0 radical (unpaired) electrons. The lowest BCUT2D eigenvalue weighted by Crippen LogP contribution is -2.12. The Balaban J connectivity index is 2.00. The van der Waals surface area contributed by atoms with E-state index in [4.69, 9.17) is 9.84 Å². The second-order valence-electron chi connectivity index (χ2n) is 4.12. The Kier molecular flexibility index (Phi) is 3.74. The van der Waals surface area contributed by atoms with Crippen LogP contribution in [0, 0.1) is 13.8 Å². The van der Waals surface area contributed by atoms with Gasteiger partial charge in [-0.2, -0.15) is 4.80 Å². The highest BCUT2D eigenvalue weighted by Crippen LogP contribution is 2.21. The summed E-state index contributed by atoms with van der Waals surface area (Å²) in [5.74, 6) is 0.0936. The number of hydrogen-bond acceptors (Lipinski definition) is 5. The van der Waals surface area contributed by atoms with Gasteiger partial charge in [0.2, 0.25) is 5.82 Å². The number of carbonyl (C=O) groups is 1. The van der Waals surface area contributed by atoms with Crippen LogP contribution in [0.15, 0.2) is 18.2 Å². The third-order valence-electron chi connectivity index (χ3n) is 2.68. The molecule has 0 aliphatic carbocycles. The first-order valence-electron chi connectivity index (χ1n) is 5.74. The smallest absolute Gasteiger partial charge is 0.327 e. The zero-order valence-electron chi connectivity index (χ0n) is 10.7. The quantitative estimate of drug-likeness (QED) is 0.862. The predicted octanol–water partition coefficient (Wildman–Crippen LogP) is 0.954. The molecule has 1 N–H and O–H groups in total. The van der Waals surface area contributed by atoms with Crippen molar-refractivity contribution in [2.75, 3.05) is 0 Å².